The highest BCUT2D eigenvalue weighted by Crippen LogP contribution is 2.37. The number of H-pyrrole nitrogens is 1. The molecule has 2 atom stereocenters. The van der Waals surface area contributed by atoms with Crippen LogP contribution in [-0.2, 0) is 14.6 Å². The molecule has 1 aliphatic heterocycles. The predicted octanol–water partition coefficient (Wildman–Crippen LogP) is 3.00. The second-order valence-corrected chi connectivity index (χ2v) is 9.69. The molecule has 4 rings (SSSR count). The summed E-state index contributed by atoms with van der Waals surface area (Å²) in [7, 11) is -1.40. The van der Waals surface area contributed by atoms with E-state index in [0.717, 1.165) is 27.8 Å². The van der Waals surface area contributed by atoms with Crippen LogP contribution >= 0.6 is 0 Å². The van der Waals surface area contributed by atoms with Gasteiger partial charge >= 0.3 is 0 Å². The molecule has 0 radical (unpaired) electrons. The second-order valence-electron chi connectivity index (χ2n) is 7.46. The van der Waals surface area contributed by atoms with Gasteiger partial charge in [-0.1, -0.05) is 36.4 Å². The molecule has 7 heteroatoms. The third kappa shape index (κ3) is 4.15. The van der Waals surface area contributed by atoms with Crippen LogP contribution in [0.15, 0.2) is 54.7 Å². The van der Waals surface area contributed by atoms with Crippen LogP contribution in [0.5, 0.6) is 5.75 Å². The van der Waals surface area contributed by atoms with Gasteiger partial charge in [0.05, 0.1) is 18.6 Å². The maximum absolute atomic E-state index is 12.8. The van der Waals surface area contributed by atoms with Gasteiger partial charge in [0.15, 0.2) is 9.84 Å². The average Bonchev–Trinajstić information content (AvgIpc) is 3.29. The molecule has 0 aliphatic carbocycles. The van der Waals surface area contributed by atoms with Crippen LogP contribution in [-0.4, -0.2) is 44.0 Å². The molecule has 3 aromatic rings. The first-order chi connectivity index (χ1) is 14.0. The molecule has 1 saturated heterocycles. The molecule has 1 aromatic heterocycles. The maximum atomic E-state index is 12.8. The summed E-state index contributed by atoms with van der Waals surface area (Å²) in [5.74, 6) is 0.585. The molecule has 1 fully saturated rings. The van der Waals surface area contributed by atoms with Crippen LogP contribution in [0.3, 0.4) is 0 Å². The van der Waals surface area contributed by atoms with Crippen molar-refractivity contribution in [1.29, 1.82) is 0 Å². The lowest BCUT2D eigenvalue weighted by atomic mass is 9.87. The van der Waals surface area contributed by atoms with E-state index in [1.54, 1.807) is 7.11 Å². The Labute approximate surface area is 170 Å². The molecule has 29 heavy (non-hydrogen) atoms. The zero-order valence-corrected chi connectivity index (χ0v) is 17.0. The highest BCUT2D eigenvalue weighted by molar-refractivity contribution is 7.91. The van der Waals surface area contributed by atoms with Crippen molar-refractivity contribution in [2.24, 2.45) is 0 Å². The lowest BCUT2D eigenvalue weighted by Crippen LogP contribution is -2.36. The Morgan fingerprint density at radius 2 is 2.00 bits per heavy atom. The highest BCUT2D eigenvalue weighted by atomic mass is 32.2. The number of aromatic amines is 1. The van der Waals surface area contributed by atoms with Crippen molar-refractivity contribution in [2.75, 3.05) is 18.6 Å². The minimum atomic E-state index is -3.04. The quantitative estimate of drug-likeness (QED) is 0.651. The second kappa shape index (κ2) is 7.91. The molecule has 2 aromatic carbocycles. The third-order valence-electron chi connectivity index (χ3n) is 5.48. The van der Waals surface area contributed by atoms with Crippen molar-refractivity contribution in [3.8, 4) is 5.75 Å². The molecule has 152 valence electrons. The minimum Gasteiger partial charge on any atom is -0.496 e. The molecule has 2 heterocycles. The number of ether oxygens (including phenoxy) is 1. The van der Waals surface area contributed by atoms with Crippen LogP contribution in [0.1, 0.15) is 29.9 Å². The van der Waals surface area contributed by atoms with Gasteiger partial charge in [0.1, 0.15) is 5.75 Å². The van der Waals surface area contributed by atoms with Gasteiger partial charge in [0.25, 0.3) is 0 Å². The molecule has 6 nitrogen and oxygen atoms in total. The predicted molar refractivity (Wildman–Crippen MR) is 113 cm³/mol. The molecular formula is C22H24N2O4S. The number of hydrogen-bond acceptors (Lipinski definition) is 4. The lowest BCUT2D eigenvalue weighted by Gasteiger charge is -2.19. The van der Waals surface area contributed by atoms with Gasteiger partial charge in [0, 0.05) is 35.5 Å². The van der Waals surface area contributed by atoms with Gasteiger partial charge in [-0.2, -0.15) is 0 Å². The van der Waals surface area contributed by atoms with Gasteiger partial charge in [-0.25, -0.2) is 8.42 Å². The summed E-state index contributed by atoms with van der Waals surface area (Å²) in [5.41, 5.74) is 2.95. The molecule has 2 N–H and O–H groups in total. The zero-order valence-electron chi connectivity index (χ0n) is 16.2. The van der Waals surface area contributed by atoms with E-state index in [1.165, 1.54) is 0 Å². The normalized spacial score (nSPS) is 19.1. The fourth-order valence-corrected chi connectivity index (χ4v) is 5.77. The largest absolute Gasteiger partial charge is 0.496 e. The van der Waals surface area contributed by atoms with E-state index in [-0.39, 0.29) is 35.8 Å². The minimum absolute atomic E-state index is 0.0235. The molecule has 1 amide bonds. The first-order valence-electron chi connectivity index (χ1n) is 9.65. The van der Waals surface area contributed by atoms with Crippen molar-refractivity contribution in [3.05, 3.63) is 65.9 Å². The summed E-state index contributed by atoms with van der Waals surface area (Å²) in [4.78, 5) is 16.1. The summed E-state index contributed by atoms with van der Waals surface area (Å²) in [6.07, 6.45) is 2.63. The summed E-state index contributed by atoms with van der Waals surface area (Å²) in [6, 6.07) is 15.4. The van der Waals surface area contributed by atoms with Gasteiger partial charge in [-0.15, -0.1) is 0 Å². The number of hydrogen-bond donors (Lipinski definition) is 2. The standard InChI is InChI=1S/C22H24N2O4S/c1-28-20-9-5-8-19-22(20)18(13-23-19)17(15-6-3-2-4-7-15)12-21(25)24-16-10-11-29(26,27)14-16/h2-9,13,16-17,23H,10-12,14H2,1H3,(H,24,25)/t16-,17+/m1/s1. The Balaban J connectivity index is 1.66. The van der Waals surface area contributed by atoms with E-state index in [0.29, 0.717) is 6.42 Å². The SMILES string of the molecule is COc1cccc2[nH]cc([C@@H](CC(=O)N[C@@H]3CCS(=O)(=O)C3)c3ccccc3)c12. The number of carbonyl (C=O) groups excluding carboxylic acids is 1. The van der Waals surface area contributed by atoms with Crippen molar-refractivity contribution in [1.82, 2.24) is 10.3 Å². The average molecular weight is 413 g/mol. The van der Waals surface area contributed by atoms with Crippen LogP contribution in [0.2, 0.25) is 0 Å². The third-order valence-corrected chi connectivity index (χ3v) is 7.25. The fourth-order valence-electron chi connectivity index (χ4n) is 4.10. The Bertz CT molecular complexity index is 1120. The number of sulfone groups is 1. The molecule has 1 aliphatic rings. The summed E-state index contributed by atoms with van der Waals surface area (Å²) < 4.78 is 29.0. The number of carbonyl (C=O) groups is 1. The first-order valence-corrected chi connectivity index (χ1v) is 11.5. The van der Waals surface area contributed by atoms with Gasteiger partial charge in [0.2, 0.25) is 5.91 Å². The van der Waals surface area contributed by atoms with E-state index in [1.807, 2.05) is 54.7 Å². The van der Waals surface area contributed by atoms with Crippen LogP contribution in [0.4, 0.5) is 0 Å². The van der Waals surface area contributed by atoms with Crippen molar-refractivity contribution in [2.45, 2.75) is 24.8 Å². The number of benzene rings is 2. The van der Waals surface area contributed by atoms with Gasteiger partial charge in [-0.3, -0.25) is 4.79 Å². The molecule has 0 unspecified atom stereocenters. The molecule has 0 saturated carbocycles. The van der Waals surface area contributed by atoms with Crippen molar-refractivity contribution < 1.29 is 17.9 Å². The topological polar surface area (TPSA) is 88.3 Å². The summed E-state index contributed by atoms with van der Waals surface area (Å²) >= 11 is 0. The van der Waals surface area contributed by atoms with Crippen molar-refractivity contribution >= 4 is 26.6 Å². The van der Waals surface area contributed by atoms with E-state index >= 15 is 0 Å². The highest BCUT2D eigenvalue weighted by Gasteiger charge is 2.30. The smallest absolute Gasteiger partial charge is 0.221 e. The van der Waals surface area contributed by atoms with Gasteiger partial charge in [-0.05, 0) is 29.7 Å². The van der Waals surface area contributed by atoms with E-state index in [9.17, 15) is 13.2 Å². The summed E-state index contributed by atoms with van der Waals surface area (Å²) in [6.45, 7) is 0. The Morgan fingerprint density at radius 1 is 1.21 bits per heavy atom. The van der Waals surface area contributed by atoms with Gasteiger partial charge < -0.3 is 15.0 Å². The number of methoxy groups -OCH3 is 1. The first kappa shape index (κ1) is 19.5. The number of amides is 1. The number of nitrogens with one attached hydrogen (secondary N) is 2. The van der Waals surface area contributed by atoms with Crippen LogP contribution in [0, 0.1) is 0 Å². The molecular weight excluding hydrogens is 388 g/mol. The number of aromatic nitrogens is 1. The van der Waals surface area contributed by atoms with E-state index < -0.39 is 9.84 Å². The van der Waals surface area contributed by atoms with E-state index in [2.05, 4.69) is 10.3 Å². The number of rotatable bonds is 6. The Hall–Kier alpha value is -2.80. The molecule has 0 bridgehead atoms. The maximum Gasteiger partial charge on any atom is 0.221 e. The molecule has 0 spiro atoms. The summed E-state index contributed by atoms with van der Waals surface area (Å²) in [5, 5.41) is 3.87. The monoisotopic (exact) mass is 412 g/mol. The van der Waals surface area contributed by atoms with E-state index in [4.69, 9.17) is 4.74 Å². The van der Waals surface area contributed by atoms with Crippen molar-refractivity contribution in [3.63, 3.8) is 0 Å². The fraction of sp³-hybridized carbons (Fsp3) is 0.318. The Morgan fingerprint density at radius 3 is 2.69 bits per heavy atom. The lowest BCUT2D eigenvalue weighted by molar-refractivity contribution is -0.121. The van der Waals surface area contributed by atoms with Crippen LogP contribution < -0.4 is 10.1 Å². The Kier molecular flexibility index (Phi) is 5.32. The number of fused-ring (bicyclic) bond motifs is 1. The van der Waals surface area contributed by atoms with Crippen LogP contribution in [0.25, 0.3) is 10.9 Å². The zero-order chi connectivity index (χ0) is 20.4.